The summed E-state index contributed by atoms with van der Waals surface area (Å²) >= 11 is 0. The third-order valence-electron chi connectivity index (χ3n) is 5.64. The maximum atomic E-state index is 13.4. The molecule has 1 aliphatic rings. The van der Waals surface area contributed by atoms with Crippen LogP contribution in [0, 0.1) is 5.82 Å². The molecule has 10 heteroatoms. The number of furan rings is 1. The summed E-state index contributed by atoms with van der Waals surface area (Å²) in [6, 6.07) is 15.2. The highest BCUT2D eigenvalue weighted by atomic mass is 32.2. The van der Waals surface area contributed by atoms with Gasteiger partial charge < -0.3 is 14.5 Å². The Bertz CT molecular complexity index is 1180. The molecule has 0 radical (unpaired) electrons. The number of morpholine rings is 1. The molecule has 0 unspecified atom stereocenters. The molecule has 2 aromatic carbocycles. The lowest BCUT2D eigenvalue weighted by Crippen LogP contribution is -2.43. The summed E-state index contributed by atoms with van der Waals surface area (Å²) in [5.41, 5.74) is 1.23. The van der Waals surface area contributed by atoms with E-state index in [1.165, 1.54) is 42.7 Å². The highest BCUT2D eigenvalue weighted by molar-refractivity contribution is 7.89. The molecule has 1 atom stereocenters. The molecule has 1 saturated heterocycles. The van der Waals surface area contributed by atoms with Gasteiger partial charge >= 0.3 is 0 Å². The summed E-state index contributed by atoms with van der Waals surface area (Å²) in [5, 5.41) is 2.92. The van der Waals surface area contributed by atoms with E-state index in [0.717, 1.165) is 5.56 Å². The van der Waals surface area contributed by atoms with Gasteiger partial charge in [0.05, 0.1) is 37.0 Å². The molecular weight excluding hydrogens is 461 g/mol. The lowest BCUT2D eigenvalue weighted by atomic mass is 10.0. The van der Waals surface area contributed by atoms with E-state index in [9.17, 15) is 17.6 Å². The molecule has 180 valence electrons. The fourth-order valence-corrected chi connectivity index (χ4v) is 4.76. The van der Waals surface area contributed by atoms with Gasteiger partial charge in [0.25, 0.3) is 5.91 Å². The SMILES string of the molecule is O=C(NC[C@@H](c1ccc(F)cc1)N1CCOCC1)c1ccc(S(=O)(=O)NCc2ccco2)cc1. The van der Waals surface area contributed by atoms with Crippen LogP contribution in [0.3, 0.4) is 0 Å². The van der Waals surface area contributed by atoms with E-state index in [1.54, 1.807) is 24.3 Å². The van der Waals surface area contributed by atoms with E-state index < -0.39 is 10.0 Å². The molecule has 0 saturated carbocycles. The first-order valence-electron chi connectivity index (χ1n) is 10.9. The molecule has 0 aliphatic carbocycles. The number of rotatable bonds is 9. The van der Waals surface area contributed by atoms with Gasteiger partial charge in [0.15, 0.2) is 0 Å². The highest BCUT2D eigenvalue weighted by Crippen LogP contribution is 2.22. The topological polar surface area (TPSA) is 101 Å². The van der Waals surface area contributed by atoms with Gasteiger partial charge in [-0.1, -0.05) is 12.1 Å². The van der Waals surface area contributed by atoms with Crippen molar-refractivity contribution in [1.82, 2.24) is 14.9 Å². The van der Waals surface area contributed by atoms with Crippen molar-refractivity contribution in [2.75, 3.05) is 32.8 Å². The van der Waals surface area contributed by atoms with Crippen molar-refractivity contribution in [1.29, 1.82) is 0 Å². The monoisotopic (exact) mass is 487 g/mol. The Morgan fingerprint density at radius 3 is 2.38 bits per heavy atom. The van der Waals surface area contributed by atoms with Crippen LogP contribution in [0.4, 0.5) is 4.39 Å². The number of hydrogen-bond acceptors (Lipinski definition) is 6. The Hall–Kier alpha value is -3.05. The van der Waals surface area contributed by atoms with Crippen LogP contribution >= 0.6 is 0 Å². The quantitative estimate of drug-likeness (QED) is 0.481. The lowest BCUT2D eigenvalue weighted by molar-refractivity contribution is 0.0162. The Labute approximate surface area is 197 Å². The van der Waals surface area contributed by atoms with Crippen LogP contribution in [-0.2, 0) is 21.3 Å². The Morgan fingerprint density at radius 1 is 1.03 bits per heavy atom. The van der Waals surface area contributed by atoms with Gasteiger partial charge in [-0.2, -0.15) is 0 Å². The number of carbonyl (C=O) groups is 1. The number of halogens is 1. The van der Waals surface area contributed by atoms with Gasteiger partial charge in [0, 0.05) is 25.2 Å². The highest BCUT2D eigenvalue weighted by Gasteiger charge is 2.24. The van der Waals surface area contributed by atoms with E-state index in [1.807, 2.05) is 0 Å². The predicted octanol–water partition coefficient (Wildman–Crippen LogP) is 2.70. The fourth-order valence-electron chi connectivity index (χ4n) is 3.77. The number of ether oxygens (including phenoxy) is 1. The van der Waals surface area contributed by atoms with Crippen molar-refractivity contribution in [3.63, 3.8) is 0 Å². The molecule has 4 rings (SSSR count). The van der Waals surface area contributed by atoms with Gasteiger partial charge in [-0.3, -0.25) is 9.69 Å². The Kier molecular flexibility index (Phi) is 7.73. The van der Waals surface area contributed by atoms with Crippen LogP contribution in [0.2, 0.25) is 0 Å². The van der Waals surface area contributed by atoms with Crippen LogP contribution in [0.5, 0.6) is 0 Å². The maximum Gasteiger partial charge on any atom is 0.251 e. The first-order chi connectivity index (χ1) is 16.4. The second-order valence-corrected chi connectivity index (χ2v) is 9.62. The van der Waals surface area contributed by atoms with Crippen molar-refractivity contribution >= 4 is 15.9 Å². The first kappa shape index (κ1) is 24.1. The van der Waals surface area contributed by atoms with Crippen LogP contribution < -0.4 is 10.0 Å². The van der Waals surface area contributed by atoms with Crippen molar-refractivity contribution < 1.29 is 26.8 Å². The minimum atomic E-state index is -3.75. The van der Waals surface area contributed by atoms with E-state index in [4.69, 9.17) is 9.15 Å². The Balaban J connectivity index is 1.40. The third-order valence-corrected chi connectivity index (χ3v) is 7.06. The molecule has 1 amide bonds. The van der Waals surface area contributed by atoms with E-state index in [-0.39, 0.29) is 29.2 Å². The summed E-state index contributed by atoms with van der Waals surface area (Å²) in [5.74, 6) is -0.148. The van der Waals surface area contributed by atoms with Crippen LogP contribution in [-0.4, -0.2) is 52.1 Å². The third kappa shape index (κ3) is 6.09. The largest absolute Gasteiger partial charge is 0.468 e. The lowest BCUT2D eigenvalue weighted by Gasteiger charge is -2.35. The average molecular weight is 488 g/mol. The molecule has 0 bridgehead atoms. The zero-order chi connectivity index (χ0) is 24.0. The van der Waals surface area contributed by atoms with Crippen molar-refractivity contribution in [3.05, 3.63) is 89.6 Å². The van der Waals surface area contributed by atoms with Gasteiger partial charge in [0.2, 0.25) is 10.0 Å². The molecule has 0 spiro atoms. The van der Waals surface area contributed by atoms with E-state index in [0.29, 0.717) is 44.2 Å². The summed E-state index contributed by atoms with van der Waals surface area (Å²) in [6.45, 7) is 2.94. The number of sulfonamides is 1. The molecule has 2 heterocycles. The molecular formula is C24H26FN3O5S. The van der Waals surface area contributed by atoms with Crippen molar-refractivity contribution in [2.45, 2.75) is 17.5 Å². The fraction of sp³-hybridized carbons (Fsp3) is 0.292. The molecule has 3 aromatic rings. The minimum Gasteiger partial charge on any atom is -0.468 e. The number of nitrogens with one attached hydrogen (secondary N) is 2. The zero-order valence-electron chi connectivity index (χ0n) is 18.4. The van der Waals surface area contributed by atoms with Crippen LogP contribution in [0.1, 0.15) is 27.7 Å². The van der Waals surface area contributed by atoms with Gasteiger partial charge in [-0.15, -0.1) is 0 Å². The number of carbonyl (C=O) groups excluding carboxylic acids is 1. The van der Waals surface area contributed by atoms with Crippen LogP contribution in [0.25, 0.3) is 0 Å². The number of benzene rings is 2. The second kappa shape index (κ2) is 10.9. The predicted molar refractivity (Wildman–Crippen MR) is 123 cm³/mol. The molecule has 2 N–H and O–H groups in total. The Morgan fingerprint density at radius 2 is 1.74 bits per heavy atom. The average Bonchev–Trinajstić information content (AvgIpc) is 3.39. The summed E-state index contributed by atoms with van der Waals surface area (Å²) in [7, 11) is -3.75. The first-order valence-corrected chi connectivity index (χ1v) is 12.4. The van der Waals surface area contributed by atoms with Crippen LogP contribution in [0.15, 0.2) is 76.2 Å². The smallest absolute Gasteiger partial charge is 0.251 e. The molecule has 1 fully saturated rings. The molecule has 34 heavy (non-hydrogen) atoms. The van der Waals surface area contributed by atoms with E-state index >= 15 is 0 Å². The zero-order valence-corrected chi connectivity index (χ0v) is 19.3. The summed E-state index contributed by atoms with van der Waals surface area (Å²) < 4.78 is 51.4. The van der Waals surface area contributed by atoms with Gasteiger partial charge in [0.1, 0.15) is 11.6 Å². The number of amides is 1. The van der Waals surface area contributed by atoms with Crippen molar-refractivity contribution in [3.8, 4) is 0 Å². The normalized spacial score (nSPS) is 15.7. The molecule has 1 aliphatic heterocycles. The number of hydrogen-bond donors (Lipinski definition) is 2. The summed E-state index contributed by atoms with van der Waals surface area (Å²) in [6.07, 6.45) is 1.47. The van der Waals surface area contributed by atoms with E-state index in [2.05, 4.69) is 14.9 Å². The molecule has 8 nitrogen and oxygen atoms in total. The van der Waals surface area contributed by atoms with Crippen molar-refractivity contribution in [2.24, 2.45) is 0 Å². The van der Waals surface area contributed by atoms with Gasteiger partial charge in [-0.25, -0.2) is 17.5 Å². The van der Waals surface area contributed by atoms with Gasteiger partial charge in [-0.05, 0) is 54.1 Å². The minimum absolute atomic E-state index is 0.0316. The summed E-state index contributed by atoms with van der Waals surface area (Å²) in [4.78, 5) is 15.0. The maximum absolute atomic E-state index is 13.4. The second-order valence-electron chi connectivity index (χ2n) is 7.85. The molecule has 1 aromatic heterocycles. The standard InChI is InChI=1S/C24H26FN3O5S/c25-20-7-3-18(4-8-20)23(28-11-14-32-15-12-28)17-26-24(29)19-5-9-22(10-6-19)34(30,31)27-16-21-2-1-13-33-21/h1-10,13,23,27H,11-12,14-17H2,(H,26,29)/t23-/m0/s1. The number of nitrogens with zero attached hydrogens (tertiary/aromatic N) is 1.